The van der Waals surface area contributed by atoms with Gasteiger partial charge in [-0.2, -0.15) is 0 Å². The highest BCUT2D eigenvalue weighted by Crippen LogP contribution is 2.12. The number of thioether (sulfide) groups is 1. The molecule has 1 radical (unpaired) electrons. The fourth-order valence-electron chi connectivity index (χ4n) is 0.852. The zero-order valence-corrected chi connectivity index (χ0v) is 8.17. The minimum atomic E-state index is -0.325. The van der Waals surface area contributed by atoms with E-state index < -0.39 is 0 Å². The molecule has 1 amide bonds. The summed E-state index contributed by atoms with van der Waals surface area (Å²) in [5.41, 5.74) is 5.93. The van der Waals surface area contributed by atoms with Crippen molar-refractivity contribution in [1.82, 2.24) is 4.98 Å². The van der Waals surface area contributed by atoms with Crippen LogP contribution in [0.3, 0.4) is 0 Å². The van der Waals surface area contributed by atoms with Crippen molar-refractivity contribution in [3.8, 4) is 0 Å². The van der Waals surface area contributed by atoms with Crippen LogP contribution in [0.2, 0.25) is 0 Å². The standard InChI is InChI=1S/C9H11N2OS/c1-13-9-5-3-7(6-11-9)2-4-8(10)12/h2-3,5-6H,4H2,1H3,(H2,10,12). The summed E-state index contributed by atoms with van der Waals surface area (Å²) >= 11 is 1.59. The van der Waals surface area contributed by atoms with Crippen molar-refractivity contribution < 1.29 is 4.79 Å². The lowest BCUT2D eigenvalue weighted by molar-refractivity contribution is -0.117. The molecule has 0 aromatic carbocycles. The molecule has 69 valence electrons. The van der Waals surface area contributed by atoms with Gasteiger partial charge in [0.2, 0.25) is 5.91 Å². The van der Waals surface area contributed by atoms with Gasteiger partial charge in [0.05, 0.1) is 5.03 Å². The Bertz CT molecular complexity index is 284. The molecule has 0 bridgehead atoms. The Kier molecular flexibility index (Phi) is 3.76. The molecule has 1 heterocycles. The van der Waals surface area contributed by atoms with E-state index in [9.17, 15) is 4.79 Å². The number of primary amides is 1. The summed E-state index contributed by atoms with van der Waals surface area (Å²) in [6, 6.07) is 3.83. The molecule has 0 aliphatic rings. The maximum atomic E-state index is 10.5. The molecule has 0 unspecified atom stereocenters. The van der Waals surface area contributed by atoms with Gasteiger partial charge in [-0.05, 0) is 17.9 Å². The molecule has 0 spiro atoms. The Hall–Kier alpha value is -1.03. The maximum Gasteiger partial charge on any atom is 0.218 e. The zero-order chi connectivity index (χ0) is 9.68. The SMILES string of the molecule is CSc1ccc([CH]CC(N)=O)cn1. The van der Waals surface area contributed by atoms with Crippen molar-refractivity contribution in [2.45, 2.75) is 11.4 Å². The van der Waals surface area contributed by atoms with Crippen molar-refractivity contribution in [3.63, 3.8) is 0 Å². The van der Waals surface area contributed by atoms with E-state index in [1.165, 1.54) is 0 Å². The van der Waals surface area contributed by atoms with Crippen LogP contribution in [0.15, 0.2) is 23.4 Å². The first kappa shape index (κ1) is 10.1. The molecule has 0 aliphatic carbocycles. The molecule has 1 aromatic heterocycles. The zero-order valence-electron chi connectivity index (χ0n) is 7.36. The highest BCUT2D eigenvalue weighted by atomic mass is 32.2. The van der Waals surface area contributed by atoms with Crippen LogP contribution in [0.25, 0.3) is 0 Å². The Morgan fingerprint density at radius 2 is 2.46 bits per heavy atom. The molecule has 0 atom stereocenters. The van der Waals surface area contributed by atoms with Gasteiger partial charge in [-0.25, -0.2) is 4.98 Å². The van der Waals surface area contributed by atoms with Crippen molar-refractivity contribution in [2.24, 2.45) is 5.73 Å². The Balaban J connectivity index is 2.54. The molecule has 1 rings (SSSR count). The number of carbonyl (C=O) groups excluding carboxylic acids is 1. The van der Waals surface area contributed by atoms with Gasteiger partial charge < -0.3 is 5.73 Å². The van der Waals surface area contributed by atoms with E-state index in [1.54, 1.807) is 24.4 Å². The van der Waals surface area contributed by atoms with Crippen molar-refractivity contribution >= 4 is 17.7 Å². The number of pyridine rings is 1. The fraction of sp³-hybridized carbons (Fsp3) is 0.222. The number of amides is 1. The van der Waals surface area contributed by atoms with Gasteiger partial charge in [0.1, 0.15) is 0 Å². The second-order valence-corrected chi connectivity index (χ2v) is 3.33. The minimum Gasteiger partial charge on any atom is -0.370 e. The minimum absolute atomic E-state index is 0.264. The molecule has 13 heavy (non-hydrogen) atoms. The molecular weight excluding hydrogens is 184 g/mol. The van der Waals surface area contributed by atoms with Crippen LogP contribution in [-0.4, -0.2) is 17.1 Å². The van der Waals surface area contributed by atoms with Crippen LogP contribution in [-0.2, 0) is 4.79 Å². The number of carbonyl (C=O) groups is 1. The molecule has 1 aromatic rings. The van der Waals surface area contributed by atoms with Crippen LogP contribution in [0.1, 0.15) is 12.0 Å². The average Bonchev–Trinajstić information content (AvgIpc) is 2.15. The largest absolute Gasteiger partial charge is 0.370 e. The van der Waals surface area contributed by atoms with E-state index >= 15 is 0 Å². The third-order valence-electron chi connectivity index (χ3n) is 1.51. The van der Waals surface area contributed by atoms with E-state index in [2.05, 4.69) is 4.98 Å². The second-order valence-electron chi connectivity index (χ2n) is 2.51. The number of nitrogens with two attached hydrogens (primary N) is 1. The predicted molar refractivity (Wildman–Crippen MR) is 53.2 cm³/mol. The highest BCUT2D eigenvalue weighted by molar-refractivity contribution is 7.98. The number of rotatable bonds is 4. The first-order valence-electron chi connectivity index (χ1n) is 3.84. The number of hydrogen-bond acceptors (Lipinski definition) is 3. The van der Waals surface area contributed by atoms with E-state index in [0.717, 1.165) is 10.6 Å². The van der Waals surface area contributed by atoms with E-state index in [4.69, 9.17) is 5.73 Å². The normalized spacial score (nSPS) is 9.92. The van der Waals surface area contributed by atoms with Crippen LogP contribution >= 0.6 is 11.8 Å². The molecule has 0 saturated heterocycles. The van der Waals surface area contributed by atoms with Crippen LogP contribution in [0.4, 0.5) is 0 Å². The van der Waals surface area contributed by atoms with Gasteiger partial charge in [-0.1, -0.05) is 6.07 Å². The Labute approximate surface area is 81.7 Å². The Morgan fingerprint density at radius 1 is 1.69 bits per heavy atom. The lowest BCUT2D eigenvalue weighted by Crippen LogP contribution is -2.10. The molecule has 0 fully saturated rings. The third kappa shape index (κ3) is 3.46. The maximum absolute atomic E-state index is 10.5. The monoisotopic (exact) mass is 195 g/mol. The summed E-state index contributed by atoms with van der Waals surface area (Å²) in [5.74, 6) is -0.325. The van der Waals surface area contributed by atoms with Crippen molar-refractivity contribution in [1.29, 1.82) is 0 Å². The Morgan fingerprint density at radius 3 is 2.92 bits per heavy atom. The van der Waals surface area contributed by atoms with Crippen LogP contribution in [0.5, 0.6) is 0 Å². The van der Waals surface area contributed by atoms with E-state index in [-0.39, 0.29) is 12.3 Å². The van der Waals surface area contributed by atoms with Gasteiger partial charge in [0.15, 0.2) is 0 Å². The molecule has 4 heteroatoms. The summed E-state index contributed by atoms with van der Waals surface area (Å²) < 4.78 is 0. The summed E-state index contributed by atoms with van der Waals surface area (Å²) in [6.45, 7) is 0. The topological polar surface area (TPSA) is 56.0 Å². The smallest absolute Gasteiger partial charge is 0.218 e. The molecule has 0 saturated carbocycles. The van der Waals surface area contributed by atoms with E-state index in [0.29, 0.717) is 0 Å². The third-order valence-corrected chi connectivity index (χ3v) is 2.17. The van der Waals surface area contributed by atoms with Crippen molar-refractivity contribution in [2.75, 3.05) is 6.26 Å². The van der Waals surface area contributed by atoms with Gasteiger partial charge in [-0.3, -0.25) is 4.79 Å². The molecular formula is C9H11N2OS. The average molecular weight is 195 g/mol. The molecule has 3 nitrogen and oxygen atoms in total. The lowest BCUT2D eigenvalue weighted by atomic mass is 10.1. The lowest BCUT2D eigenvalue weighted by Gasteiger charge is -1.98. The summed E-state index contributed by atoms with van der Waals surface area (Å²) in [6.07, 6.45) is 5.73. The number of nitrogens with zero attached hydrogens (tertiary/aromatic N) is 1. The van der Waals surface area contributed by atoms with Gasteiger partial charge in [-0.15, -0.1) is 11.8 Å². The molecule has 2 N–H and O–H groups in total. The quantitative estimate of drug-likeness (QED) is 0.735. The van der Waals surface area contributed by atoms with Crippen LogP contribution in [0, 0.1) is 6.42 Å². The van der Waals surface area contributed by atoms with Gasteiger partial charge in [0, 0.05) is 19.0 Å². The summed E-state index contributed by atoms with van der Waals surface area (Å²) in [7, 11) is 0. The van der Waals surface area contributed by atoms with Crippen molar-refractivity contribution in [3.05, 3.63) is 30.3 Å². The predicted octanol–water partition coefficient (Wildman–Crippen LogP) is 1.23. The van der Waals surface area contributed by atoms with Crippen LogP contribution < -0.4 is 5.73 Å². The first-order chi connectivity index (χ1) is 6.22. The van der Waals surface area contributed by atoms with E-state index in [1.807, 2.05) is 18.4 Å². The first-order valence-corrected chi connectivity index (χ1v) is 5.06. The summed E-state index contributed by atoms with van der Waals surface area (Å²) in [5, 5.41) is 0.969. The number of aromatic nitrogens is 1. The number of hydrogen-bond donors (Lipinski definition) is 1. The fourth-order valence-corrected chi connectivity index (χ4v) is 1.21. The van der Waals surface area contributed by atoms with Gasteiger partial charge in [0.25, 0.3) is 0 Å². The van der Waals surface area contributed by atoms with Gasteiger partial charge >= 0.3 is 0 Å². The summed E-state index contributed by atoms with van der Waals surface area (Å²) in [4.78, 5) is 14.6. The second kappa shape index (κ2) is 4.87. The highest BCUT2D eigenvalue weighted by Gasteiger charge is 1.98. The molecule has 0 aliphatic heterocycles.